The molecule has 1 atom stereocenters. The average Bonchev–Trinajstić information content (AvgIpc) is 3.28. The van der Waals surface area contributed by atoms with Crippen molar-refractivity contribution in [3.63, 3.8) is 0 Å². The third-order valence-corrected chi connectivity index (χ3v) is 6.39. The van der Waals surface area contributed by atoms with Crippen molar-refractivity contribution in [3.05, 3.63) is 70.4 Å². The van der Waals surface area contributed by atoms with Gasteiger partial charge in [-0.3, -0.25) is 4.79 Å². The molecule has 6 nitrogen and oxygen atoms in total. The van der Waals surface area contributed by atoms with Crippen molar-refractivity contribution >= 4 is 33.3 Å². The summed E-state index contributed by atoms with van der Waals surface area (Å²) in [5, 5.41) is 11.7. The Morgan fingerprint density at radius 3 is 2.86 bits per heavy atom. The summed E-state index contributed by atoms with van der Waals surface area (Å²) >= 11 is 3.01. The second kappa shape index (κ2) is 7.73. The molecule has 0 saturated carbocycles. The third-order valence-electron chi connectivity index (χ3n) is 4.43. The molecule has 4 rings (SSSR count). The molecule has 8 heteroatoms. The molecule has 1 aromatic carbocycles. The molecular weight excluding hydrogens is 390 g/mol. The van der Waals surface area contributed by atoms with Crippen LogP contribution >= 0.6 is 23.1 Å². The van der Waals surface area contributed by atoms with Crippen molar-refractivity contribution in [1.29, 1.82) is 0 Å². The number of nitrogens with zero attached hydrogens (tertiary/aromatic N) is 4. The lowest BCUT2D eigenvalue weighted by Crippen LogP contribution is -2.12. The van der Waals surface area contributed by atoms with E-state index >= 15 is 0 Å². The molecule has 0 aliphatic rings. The van der Waals surface area contributed by atoms with E-state index in [1.54, 1.807) is 0 Å². The Bertz CT molecular complexity index is 1190. The summed E-state index contributed by atoms with van der Waals surface area (Å²) in [6.45, 7) is 8.34. The van der Waals surface area contributed by atoms with Crippen LogP contribution in [0.5, 0.6) is 0 Å². The molecule has 0 fully saturated rings. The van der Waals surface area contributed by atoms with Gasteiger partial charge in [0.25, 0.3) is 5.56 Å². The summed E-state index contributed by atoms with van der Waals surface area (Å²) < 4.78 is 1.99. The van der Waals surface area contributed by atoms with Gasteiger partial charge < -0.3 is 9.55 Å². The van der Waals surface area contributed by atoms with E-state index in [9.17, 15) is 4.79 Å². The molecule has 142 valence electrons. The third kappa shape index (κ3) is 3.41. The van der Waals surface area contributed by atoms with E-state index in [1.165, 1.54) is 23.1 Å². The molecule has 0 spiro atoms. The Morgan fingerprint density at radius 1 is 1.32 bits per heavy atom. The van der Waals surface area contributed by atoms with Crippen molar-refractivity contribution in [2.75, 3.05) is 0 Å². The minimum Gasteiger partial charge on any atom is -0.309 e. The fraction of sp³-hybridized carbons (Fsp3) is 0.200. The predicted octanol–water partition coefficient (Wildman–Crippen LogP) is 4.59. The van der Waals surface area contributed by atoms with Gasteiger partial charge in [0.1, 0.15) is 16.5 Å². The van der Waals surface area contributed by atoms with E-state index in [0.717, 1.165) is 26.9 Å². The molecule has 4 aromatic rings. The number of aromatic nitrogens is 5. The molecule has 1 unspecified atom stereocenters. The van der Waals surface area contributed by atoms with Gasteiger partial charge >= 0.3 is 0 Å². The first-order valence-electron chi connectivity index (χ1n) is 8.82. The summed E-state index contributed by atoms with van der Waals surface area (Å²) in [4.78, 5) is 21.3. The molecule has 1 N–H and O–H groups in total. The van der Waals surface area contributed by atoms with E-state index in [4.69, 9.17) is 4.98 Å². The highest BCUT2D eigenvalue weighted by atomic mass is 32.2. The summed E-state index contributed by atoms with van der Waals surface area (Å²) in [5.74, 6) is 1.46. The summed E-state index contributed by atoms with van der Waals surface area (Å²) in [6.07, 6.45) is 1.81. The first-order chi connectivity index (χ1) is 13.6. The van der Waals surface area contributed by atoms with Crippen LogP contribution in [0.1, 0.15) is 23.8 Å². The largest absolute Gasteiger partial charge is 0.309 e. The van der Waals surface area contributed by atoms with Gasteiger partial charge in [-0.25, -0.2) is 4.98 Å². The van der Waals surface area contributed by atoms with Crippen LogP contribution in [-0.2, 0) is 6.54 Å². The molecule has 0 aliphatic carbocycles. The van der Waals surface area contributed by atoms with Crippen LogP contribution in [-0.4, -0.2) is 24.7 Å². The lowest BCUT2D eigenvalue weighted by Gasteiger charge is -2.11. The normalized spacial score (nSPS) is 12.4. The van der Waals surface area contributed by atoms with Gasteiger partial charge in [-0.2, -0.15) is 0 Å². The van der Waals surface area contributed by atoms with Gasteiger partial charge in [-0.05, 0) is 19.4 Å². The molecule has 0 aliphatic heterocycles. The number of fused-ring (bicyclic) bond motifs is 1. The zero-order valence-corrected chi connectivity index (χ0v) is 17.2. The number of nitrogens with one attached hydrogen (secondary N) is 1. The molecule has 3 aromatic heterocycles. The monoisotopic (exact) mass is 409 g/mol. The minimum atomic E-state index is -0.115. The molecule has 0 bridgehead atoms. The van der Waals surface area contributed by atoms with E-state index in [-0.39, 0.29) is 10.8 Å². The van der Waals surface area contributed by atoms with E-state index in [2.05, 4.69) is 21.8 Å². The van der Waals surface area contributed by atoms with Crippen LogP contribution in [0.25, 0.3) is 21.3 Å². The zero-order valence-electron chi connectivity index (χ0n) is 15.5. The van der Waals surface area contributed by atoms with Crippen LogP contribution in [0.15, 0.2) is 58.3 Å². The van der Waals surface area contributed by atoms with E-state index in [1.807, 2.05) is 60.2 Å². The highest BCUT2D eigenvalue weighted by Crippen LogP contribution is 2.35. The van der Waals surface area contributed by atoms with Crippen molar-refractivity contribution in [2.24, 2.45) is 0 Å². The van der Waals surface area contributed by atoms with Crippen LogP contribution in [0.2, 0.25) is 0 Å². The van der Waals surface area contributed by atoms with Gasteiger partial charge in [-0.1, -0.05) is 48.2 Å². The molecule has 28 heavy (non-hydrogen) atoms. The smallest absolute Gasteiger partial charge is 0.260 e. The lowest BCUT2D eigenvalue weighted by molar-refractivity contribution is 0.701. The Balaban J connectivity index is 1.69. The standard InChI is InChI=1S/C20H19N5OS2/c1-4-10-25-13(3)23-24-20(25)28-12(2)17-21-18(26)16-15(11-27-19(16)22-17)14-8-6-5-7-9-14/h4-9,11-12H,1,10H2,2-3H3,(H,21,22,26). The Labute approximate surface area is 170 Å². The van der Waals surface area contributed by atoms with Crippen LogP contribution < -0.4 is 5.56 Å². The molecule has 0 saturated heterocycles. The number of thioether (sulfide) groups is 1. The summed E-state index contributed by atoms with van der Waals surface area (Å²) in [7, 11) is 0. The highest BCUT2D eigenvalue weighted by Gasteiger charge is 2.19. The van der Waals surface area contributed by atoms with Crippen molar-refractivity contribution in [2.45, 2.75) is 30.8 Å². The first-order valence-corrected chi connectivity index (χ1v) is 10.6. The number of aryl methyl sites for hydroxylation is 1. The van der Waals surface area contributed by atoms with E-state index in [0.29, 0.717) is 17.8 Å². The summed E-state index contributed by atoms with van der Waals surface area (Å²) in [6, 6.07) is 9.90. The average molecular weight is 410 g/mol. The zero-order chi connectivity index (χ0) is 19.7. The van der Waals surface area contributed by atoms with Crippen LogP contribution in [0.4, 0.5) is 0 Å². The number of hydrogen-bond acceptors (Lipinski definition) is 6. The Hall–Kier alpha value is -2.71. The van der Waals surface area contributed by atoms with Crippen molar-refractivity contribution in [3.8, 4) is 11.1 Å². The number of benzene rings is 1. The molecular formula is C20H19N5OS2. The maximum Gasteiger partial charge on any atom is 0.260 e. The topological polar surface area (TPSA) is 76.5 Å². The van der Waals surface area contributed by atoms with Gasteiger partial charge in [0.05, 0.1) is 10.6 Å². The predicted molar refractivity (Wildman–Crippen MR) is 115 cm³/mol. The highest BCUT2D eigenvalue weighted by molar-refractivity contribution is 7.99. The van der Waals surface area contributed by atoms with Crippen molar-refractivity contribution < 1.29 is 0 Å². The van der Waals surface area contributed by atoms with Crippen molar-refractivity contribution in [1.82, 2.24) is 24.7 Å². The number of aromatic amines is 1. The number of hydrogen-bond donors (Lipinski definition) is 1. The molecule has 0 amide bonds. The van der Waals surface area contributed by atoms with E-state index < -0.39 is 0 Å². The fourth-order valence-corrected chi connectivity index (χ4v) is 4.91. The number of thiophene rings is 1. The summed E-state index contributed by atoms with van der Waals surface area (Å²) in [5.41, 5.74) is 1.82. The second-order valence-corrected chi connectivity index (χ2v) is 8.50. The lowest BCUT2D eigenvalue weighted by atomic mass is 10.1. The fourth-order valence-electron chi connectivity index (χ4n) is 2.99. The number of allylic oxidation sites excluding steroid dienone is 1. The maximum absolute atomic E-state index is 12.8. The Morgan fingerprint density at radius 2 is 2.11 bits per heavy atom. The van der Waals surface area contributed by atoms with Gasteiger partial charge in [0.15, 0.2) is 5.16 Å². The van der Waals surface area contributed by atoms with Crippen LogP contribution in [0.3, 0.4) is 0 Å². The van der Waals surface area contributed by atoms with Gasteiger partial charge in [-0.15, -0.1) is 28.1 Å². The minimum absolute atomic E-state index is 0.0773. The number of rotatable bonds is 6. The number of H-pyrrole nitrogens is 1. The maximum atomic E-state index is 12.8. The Kier molecular flexibility index (Phi) is 5.15. The molecule has 3 heterocycles. The molecule has 0 radical (unpaired) electrons. The van der Waals surface area contributed by atoms with Gasteiger partial charge in [0.2, 0.25) is 0 Å². The quantitative estimate of drug-likeness (QED) is 0.372. The van der Waals surface area contributed by atoms with Crippen LogP contribution in [0, 0.1) is 6.92 Å². The first kappa shape index (κ1) is 18.6. The SMILES string of the molecule is C=CCn1c(C)nnc1SC(C)c1nc2scc(-c3ccccc3)c2c(=O)[nH]1. The van der Waals surface area contributed by atoms with Gasteiger partial charge in [0, 0.05) is 17.5 Å². The second-order valence-electron chi connectivity index (χ2n) is 6.34.